The molecule has 0 fully saturated rings. The second-order valence-corrected chi connectivity index (χ2v) is 16.3. The number of rotatable bonds is 43. The molecule has 0 saturated heterocycles. The molecule has 9 heteroatoms. The highest BCUT2D eigenvalue weighted by Gasteiger charge is 2.25. The summed E-state index contributed by atoms with van der Waals surface area (Å²) in [5.41, 5.74) is 5.37. The number of nitrogens with two attached hydrogens (primary N) is 1. The van der Waals surface area contributed by atoms with Gasteiger partial charge in [-0.2, -0.15) is 0 Å². The number of unbranched alkanes of at least 4 members (excludes halogenated alkanes) is 18. The molecule has 0 heterocycles. The summed E-state index contributed by atoms with van der Waals surface area (Å²) in [7, 11) is -4.28. The molecule has 330 valence electrons. The molecule has 57 heavy (non-hydrogen) atoms. The summed E-state index contributed by atoms with van der Waals surface area (Å²) in [6.07, 6.45) is 56.3. The number of ether oxygens (including phenoxy) is 2. The SMILES string of the molecule is CC/C=C\C/C=C\C/C=C\C/C=C\C/C=C\C/C=C\CCCCCCCCC(=O)OC(COCCCCCCCCCCCCCCC)COP(=O)(O)OCCN. The van der Waals surface area contributed by atoms with Crippen LogP contribution in [0.15, 0.2) is 72.9 Å². The second-order valence-electron chi connectivity index (χ2n) is 14.9. The van der Waals surface area contributed by atoms with Crippen molar-refractivity contribution in [1.82, 2.24) is 0 Å². The molecule has 0 saturated carbocycles. The van der Waals surface area contributed by atoms with Crippen LogP contribution in [0, 0.1) is 0 Å². The third-order valence-corrected chi connectivity index (χ3v) is 10.4. The molecule has 8 nitrogen and oxygen atoms in total. The Kier molecular flexibility index (Phi) is 43.4. The van der Waals surface area contributed by atoms with Crippen molar-refractivity contribution < 1.29 is 32.8 Å². The molecule has 0 rings (SSSR count). The highest BCUT2D eigenvalue weighted by Crippen LogP contribution is 2.43. The van der Waals surface area contributed by atoms with Crippen LogP contribution >= 0.6 is 7.82 Å². The Bertz CT molecular complexity index is 1100. The number of esters is 1. The molecular formula is C48H86NO7P. The molecule has 0 aromatic carbocycles. The highest BCUT2D eigenvalue weighted by atomic mass is 31.2. The van der Waals surface area contributed by atoms with E-state index in [-0.39, 0.29) is 32.3 Å². The maximum absolute atomic E-state index is 12.6. The van der Waals surface area contributed by atoms with Gasteiger partial charge in [-0.05, 0) is 64.2 Å². The first kappa shape index (κ1) is 54.9. The van der Waals surface area contributed by atoms with Gasteiger partial charge in [0.25, 0.3) is 0 Å². The molecule has 0 aliphatic heterocycles. The predicted octanol–water partition coefficient (Wildman–Crippen LogP) is 13.9. The van der Waals surface area contributed by atoms with Crippen molar-refractivity contribution in [2.75, 3.05) is 33.0 Å². The molecule has 0 aromatic heterocycles. The van der Waals surface area contributed by atoms with Crippen LogP contribution in [0.3, 0.4) is 0 Å². The average Bonchev–Trinajstić information content (AvgIpc) is 3.20. The van der Waals surface area contributed by atoms with Gasteiger partial charge in [0.2, 0.25) is 0 Å². The molecule has 0 aliphatic carbocycles. The highest BCUT2D eigenvalue weighted by molar-refractivity contribution is 7.47. The molecule has 0 radical (unpaired) electrons. The summed E-state index contributed by atoms with van der Waals surface area (Å²) in [5, 5.41) is 0. The number of hydrogen-bond donors (Lipinski definition) is 2. The van der Waals surface area contributed by atoms with E-state index in [4.69, 9.17) is 24.3 Å². The van der Waals surface area contributed by atoms with E-state index in [9.17, 15) is 14.3 Å². The minimum atomic E-state index is -4.28. The Hall–Kier alpha value is -2.06. The van der Waals surface area contributed by atoms with E-state index >= 15 is 0 Å². The van der Waals surface area contributed by atoms with Gasteiger partial charge in [-0.15, -0.1) is 0 Å². The van der Waals surface area contributed by atoms with Gasteiger partial charge < -0.3 is 20.1 Å². The predicted molar refractivity (Wildman–Crippen MR) is 242 cm³/mol. The van der Waals surface area contributed by atoms with E-state index in [1.807, 2.05) is 0 Å². The van der Waals surface area contributed by atoms with Crippen molar-refractivity contribution in [2.24, 2.45) is 5.73 Å². The fourth-order valence-corrected chi connectivity index (χ4v) is 6.82. The van der Waals surface area contributed by atoms with E-state index in [0.717, 1.165) is 83.5 Å². The first-order chi connectivity index (χ1) is 27.9. The van der Waals surface area contributed by atoms with Gasteiger partial charge in [0.1, 0.15) is 6.10 Å². The Morgan fingerprint density at radius 2 is 0.982 bits per heavy atom. The van der Waals surface area contributed by atoms with Crippen LogP contribution in [0.5, 0.6) is 0 Å². The lowest BCUT2D eigenvalue weighted by Gasteiger charge is -2.20. The zero-order valence-corrected chi connectivity index (χ0v) is 37.4. The number of carbonyl (C=O) groups is 1. The normalized spacial score (nSPS) is 14.1. The molecular weight excluding hydrogens is 734 g/mol. The summed E-state index contributed by atoms with van der Waals surface area (Å²) >= 11 is 0. The van der Waals surface area contributed by atoms with Crippen LogP contribution < -0.4 is 5.73 Å². The molecule has 2 unspecified atom stereocenters. The minimum absolute atomic E-state index is 0.0953. The number of hydrogen-bond acceptors (Lipinski definition) is 7. The molecule has 0 bridgehead atoms. The van der Waals surface area contributed by atoms with Gasteiger partial charge in [0, 0.05) is 19.6 Å². The van der Waals surface area contributed by atoms with E-state index in [2.05, 4.69) is 86.8 Å². The Balaban J connectivity index is 4.03. The molecule has 0 aliphatic rings. The van der Waals surface area contributed by atoms with Crippen molar-refractivity contribution in [3.63, 3.8) is 0 Å². The van der Waals surface area contributed by atoms with Crippen LogP contribution in [0.4, 0.5) is 0 Å². The lowest BCUT2D eigenvalue weighted by atomic mass is 10.0. The summed E-state index contributed by atoms with van der Waals surface area (Å²) in [6, 6.07) is 0. The summed E-state index contributed by atoms with van der Waals surface area (Å²) in [4.78, 5) is 22.5. The van der Waals surface area contributed by atoms with Gasteiger partial charge in [-0.25, -0.2) is 4.57 Å². The smallest absolute Gasteiger partial charge is 0.457 e. The second kappa shape index (κ2) is 45.0. The van der Waals surface area contributed by atoms with Gasteiger partial charge >= 0.3 is 13.8 Å². The molecule has 0 spiro atoms. The van der Waals surface area contributed by atoms with E-state index in [0.29, 0.717) is 13.0 Å². The lowest BCUT2D eigenvalue weighted by molar-refractivity contribution is -0.154. The van der Waals surface area contributed by atoms with Gasteiger partial charge in [-0.1, -0.05) is 189 Å². The van der Waals surface area contributed by atoms with Crippen LogP contribution in [0.1, 0.15) is 187 Å². The van der Waals surface area contributed by atoms with Crippen molar-refractivity contribution in [3.8, 4) is 0 Å². The quantitative estimate of drug-likeness (QED) is 0.0270. The lowest BCUT2D eigenvalue weighted by Crippen LogP contribution is -2.28. The van der Waals surface area contributed by atoms with Gasteiger partial charge in [-0.3, -0.25) is 13.8 Å². The zero-order valence-electron chi connectivity index (χ0n) is 36.6. The van der Waals surface area contributed by atoms with E-state index < -0.39 is 13.9 Å². The largest absolute Gasteiger partial charge is 0.472 e. The number of phosphoric ester groups is 1. The third kappa shape index (κ3) is 44.9. The maximum atomic E-state index is 12.6. The zero-order chi connectivity index (χ0) is 41.6. The number of allylic oxidation sites excluding steroid dienone is 12. The number of carbonyl (C=O) groups excluding carboxylic acids is 1. The Morgan fingerprint density at radius 3 is 1.47 bits per heavy atom. The summed E-state index contributed by atoms with van der Waals surface area (Å²) in [5.74, 6) is -0.346. The Morgan fingerprint density at radius 1 is 0.544 bits per heavy atom. The first-order valence-corrected chi connectivity index (χ1v) is 24.4. The van der Waals surface area contributed by atoms with Crippen molar-refractivity contribution in [1.29, 1.82) is 0 Å². The third-order valence-electron chi connectivity index (χ3n) is 9.39. The van der Waals surface area contributed by atoms with Crippen LogP contribution in [-0.2, 0) is 27.9 Å². The molecule has 3 N–H and O–H groups in total. The first-order valence-electron chi connectivity index (χ1n) is 22.9. The summed E-state index contributed by atoms with van der Waals surface area (Å²) < 4.78 is 33.4. The van der Waals surface area contributed by atoms with Gasteiger partial charge in [0.15, 0.2) is 0 Å². The number of phosphoric acid groups is 1. The van der Waals surface area contributed by atoms with E-state index in [1.54, 1.807) is 0 Å². The maximum Gasteiger partial charge on any atom is 0.472 e. The van der Waals surface area contributed by atoms with Crippen molar-refractivity contribution in [3.05, 3.63) is 72.9 Å². The Labute approximate surface area is 350 Å². The van der Waals surface area contributed by atoms with Crippen molar-refractivity contribution >= 4 is 13.8 Å². The monoisotopic (exact) mass is 820 g/mol. The standard InChI is InChI=1S/C48H86NO7P/c1-3-5-7-9-11-13-15-17-18-19-20-21-22-23-24-25-26-27-28-29-31-33-35-37-39-41-48(50)56-47(46-55-57(51,52)54-44-42-49)45-53-43-40-38-36-34-32-30-16-14-12-10-8-6-4-2/h5,7,11,13,17-18,20-21,23-24,26-27,47H,3-4,6,8-10,12,14-16,19,22,25,28-46,49H2,1-2H3,(H,51,52)/b7-5-,13-11-,18-17-,21-20-,24-23-,27-26-. The van der Waals surface area contributed by atoms with Crippen LogP contribution in [-0.4, -0.2) is 49.9 Å². The molecule has 0 amide bonds. The molecule has 0 aromatic rings. The average molecular weight is 820 g/mol. The van der Waals surface area contributed by atoms with Gasteiger partial charge in [0.05, 0.1) is 19.8 Å². The van der Waals surface area contributed by atoms with E-state index in [1.165, 1.54) is 83.5 Å². The van der Waals surface area contributed by atoms with Crippen LogP contribution in [0.2, 0.25) is 0 Å². The topological polar surface area (TPSA) is 117 Å². The van der Waals surface area contributed by atoms with Crippen LogP contribution in [0.25, 0.3) is 0 Å². The summed E-state index contributed by atoms with van der Waals surface area (Å²) in [6.45, 7) is 4.79. The fraction of sp³-hybridized carbons (Fsp3) is 0.729. The fourth-order valence-electron chi connectivity index (χ4n) is 6.06. The minimum Gasteiger partial charge on any atom is -0.457 e. The van der Waals surface area contributed by atoms with Crippen molar-refractivity contribution in [2.45, 2.75) is 193 Å². The molecule has 2 atom stereocenters.